The van der Waals surface area contributed by atoms with Crippen LogP contribution < -0.4 is 10.0 Å². The van der Waals surface area contributed by atoms with Crippen molar-refractivity contribution in [3.63, 3.8) is 0 Å². The number of aliphatic carboxylic acids is 1. The molecule has 2 aromatic rings. The summed E-state index contributed by atoms with van der Waals surface area (Å²) in [6.45, 7) is 3.38. The second kappa shape index (κ2) is 9.93. The number of pyridine rings is 1. The maximum Gasteiger partial charge on any atom is 0.327 e. The molecule has 3 heterocycles. The van der Waals surface area contributed by atoms with Crippen LogP contribution in [-0.4, -0.2) is 73.1 Å². The quantitative estimate of drug-likeness (QED) is 0.310. The van der Waals surface area contributed by atoms with Crippen LogP contribution in [0.1, 0.15) is 35.8 Å². The van der Waals surface area contributed by atoms with Crippen molar-refractivity contribution >= 4 is 57.4 Å². The van der Waals surface area contributed by atoms with E-state index >= 15 is 0 Å². The molecule has 3 N–H and O–H groups in total. The highest BCUT2D eigenvalue weighted by atomic mass is 35.5. The Morgan fingerprint density at radius 2 is 1.86 bits per heavy atom. The van der Waals surface area contributed by atoms with E-state index in [-0.39, 0.29) is 15.0 Å². The van der Waals surface area contributed by atoms with E-state index in [2.05, 4.69) is 15.0 Å². The average molecular weight is 568 g/mol. The molecule has 0 aliphatic carbocycles. The number of benzene rings is 1. The Balaban J connectivity index is 1.56. The number of hydrogen-bond donors (Lipinski definition) is 3. The summed E-state index contributed by atoms with van der Waals surface area (Å²) in [6, 6.07) is 6.81. The zero-order chi connectivity index (χ0) is 27.1. The van der Waals surface area contributed by atoms with Crippen LogP contribution in [0.4, 0.5) is 0 Å². The van der Waals surface area contributed by atoms with E-state index in [9.17, 15) is 32.7 Å². The molecular weight excluding hydrogens is 546 g/mol. The van der Waals surface area contributed by atoms with Crippen molar-refractivity contribution in [3.8, 4) is 0 Å². The number of carbonyl (C=O) groups excluding carboxylic acids is 3. The molecule has 12 nitrogen and oxygen atoms in total. The van der Waals surface area contributed by atoms with Crippen molar-refractivity contribution in [3.05, 3.63) is 66.0 Å². The number of aromatic nitrogens is 1. The van der Waals surface area contributed by atoms with Gasteiger partial charge in [-0.25, -0.2) is 4.79 Å². The maximum absolute atomic E-state index is 13.3. The molecule has 4 atom stereocenters. The summed E-state index contributed by atoms with van der Waals surface area (Å²) < 4.78 is 27.2. The number of carbonyl (C=O) groups is 4. The first kappa shape index (κ1) is 26.9. The predicted molar refractivity (Wildman–Crippen MR) is 133 cm³/mol. The third kappa shape index (κ3) is 5.01. The molecule has 1 aromatic heterocycles. The van der Waals surface area contributed by atoms with E-state index in [4.69, 9.17) is 11.8 Å². The van der Waals surface area contributed by atoms with E-state index in [1.54, 1.807) is 32.0 Å². The van der Waals surface area contributed by atoms with Crippen molar-refractivity contribution < 1.29 is 32.7 Å². The Labute approximate surface area is 221 Å². The molecule has 4 rings (SSSR count). The van der Waals surface area contributed by atoms with Gasteiger partial charge in [0.15, 0.2) is 0 Å². The standard InChI is InChI=1S/C22H22ClN5O7S2/c1-22(2)16(21(32)33)27-19(31)15(20(27)36-22)25-17(29)14(12-7-4-3-5-8-12)26-37(34,35)28(23)18(30)13-9-6-10-24-11-13/h3-11,14-16,20,26H,1-2H3,(H,25,29)(H,32,33)/t14?,15-,16+,20-/m1/s1. The van der Waals surface area contributed by atoms with Gasteiger partial charge in [-0.1, -0.05) is 30.3 Å². The smallest absolute Gasteiger partial charge is 0.327 e. The molecule has 15 heteroatoms. The average Bonchev–Trinajstić information content (AvgIpc) is 3.13. The molecule has 2 aliphatic rings. The highest BCUT2D eigenvalue weighted by Gasteiger charge is 2.64. The summed E-state index contributed by atoms with van der Waals surface area (Å²) in [5.41, 5.74) is 0.117. The lowest BCUT2D eigenvalue weighted by molar-refractivity contribution is -0.161. The molecule has 0 saturated carbocycles. The van der Waals surface area contributed by atoms with Gasteiger partial charge in [-0.15, -0.1) is 15.6 Å². The molecule has 2 fully saturated rings. The third-order valence-electron chi connectivity index (χ3n) is 5.91. The van der Waals surface area contributed by atoms with Crippen LogP contribution >= 0.6 is 23.5 Å². The summed E-state index contributed by atoms with van der Waals surface area (Å²) in [5, 5.41) is 11.5. The van der Waals surface area contributed by atoms with Crippen LogP contribution in [0.15, 0.2) is 54.9 Å². The lowest BCUT2D eigenvalue weighted by Gasteiger charge is -2.44. The van der Waals surface area contributed by atoms with Gasteiger partial charge in [-0.3, -0.25) is 19.4 Å². The van der Waals surface area contributed by atoms with Crippen LogP contribution in [0, 0.1) is 0 Å². The first-order valence-electron chi connectivity index (χ1n) is 10.9. The normalized spacial score (nSPS) is 22.9. The van der Waals surface area contributed by atoms with Gasteiger partial charge in [-0.2, -0.15) is 13.1 Å². The van der Waals surface area contributed by atoms with Gasteiger partial charge in [0, 0.05) is 28.9 Å². The SMILES string of the molecule is CC1(C)S[C@@H]2[C@H](NC(=O)C(NS(=O)(=O)N(Cl)C(=O)c3cccnc3)c3ccccc3)C(=O)N2[C@H]1C(=O)O. The number of nitrogens with zero attached hydrogens (tertiary/aromatic N) is 3. The summed E-state index contributed by atoms with van der Waals surface area (Å²) in [6.07, 6.45) is 2.52. The van der Waals surface area contributed by atoms with Crippen LogP contribution in [0.25, 0.3) is 0 Å². The number of thioether (sulfide) groups is 1. The minimum Gasteiger partial charge on any atom is -0.480 e. The fourth-order valence-corrected chi connectivity index (χ4v) is 7.00. The fraction of sp³-hybridized carbons (Fsp3) is 0.318. The van der Waals surface area contributed by atoms with Crippen molar-refractivity contribution in [1.82, 2.24) is 23.7 Å². The lowest BCUT2D eigenvalue weighted by atomic mass is 9.95. The van der Waals surface area contributed by atoms with Crippen molar-refractivity contribution in [2.24, 2.45) is 0 Å². The molecular formula is C22H22ClN5O7S2. The number of hydrogen-bond acceptors (Lipinski definition) is 8. The number of carboxylic acids is 1. The summed E-state index contributed by atoms with van der Waals surface area (Å²) >= 11 is 7.09. The van der Waals surface area contributed by atoms with Gasteiger partial charge in [0.25, 0.3) is 5.91 Å². The van der Waals surface area contributed by atoms with E-state index in [1.165, 1.54) is 47.1 Å². The van der Waals surface area contributed by atoms with Crippen LogP contribution in [0.5, 0.6) is 0 Å². The summed E-state index contributed by atoms with van der Waals surface area (Å²) in [7, 11) is -4.76. The zero-order valence-electron chi connectivity index (χ0n) is 19.4. The van der Waals surface area contributed by atoms with E-state index < -0.39 is 62.1 Å². The molecule has 2 aliphatic heterocycles. The number of nitrogens with one attached hydrogen (secondary N) is 2. The van der Waals surface area contributed by atoms with Gasteiger partial charge >= 0.3 is 16.2 Å². The molecule has 1 aromatic carbocycles. The molecule has 0 spiro atoms. The minimum atomic E-state index is -4.76. The molecule has 37 heavy (non-hydrogen) atoms. The highest BCUT2D eigenvalue weighted by molar-refractivity contribution is 8.01. The topological polar surface area (TPSA) is 166 Å². The van der Waals surface area contributed by atoms with Gasteiger partial charge < -0.3 is 15.3 Å². The van der Waals surface area contributed by atoms with Crippen molar-refractivity contribution in [2.75, 3.05) is 0 Å². The second-order valence-electron chi connectivity index (χ2n) is 8.81. The van der Waals surface area contributed by atoms with Crippen LogP contribution in [0.3, 0.4) is 0 Å². The van der Waals surface area contributed by atoms with Gasteiger partial charge in [0.05, 0.1) is 5.56 Å². The third-order valence-corrected chi connectivity index (χ3v) is 9.31. The fourth-order valence-electron chi connectivity index (χ4n) is 4.20. The second-order valence-corrected chi connectivity index (χ2v) is 12.7. The van der Waals surface area contributed by atoms with E-state index in [1.807, 2.05) is 0 Å². The predicted octanol–water partition coefficient (Wildman–Crippen LogP) is 0.885. The first-order valence-corrected chi connectivity index (χ1v) is 13.5. The van der Waals surface area contributed by atoms with E-state index in [0.29, 0.717) is 0 Å². The molecule has 2 saturated heterocycles. The molecule has 3 amide bonds. The zero-order valence-corrected chi connectivity index (χ0v) is 21.8. The highest BCUT2D eigenvalue weighted by Crippen LogP contribution is 2.50. The number of carboxylic acid groups (broad SMARTS) is 1. The number of fused-ring (bicyclic) bond motifs is 1. The van der Waals surface area contributed by atoms with E-state index in [0.717, 1.165) is 6.20 Å². The summed E-state index contributed by atoms with van der Waals surface area (Å²) in [4.78, 5) is 55.4. The number of β-lactam (4-membered cyclic amide) rings is 1. The number of halogens is 1. The van der Waals surface area contributed by atoms with Crippen LogP contribution in [-0.2, 0) is 24.6 Å². The Morgan fingerprint density at radius 3 is 2.46 bits per heavy atom. The Bertz CT molecular complexity index is 1340. The minimum absolute atomic E-state index is 0.0593. The maximum atomic E-state index is 13.3. The van der Waals surface area contributed by atoms with Gasteiger partial charge in [0.2, 0.25) is 11.8 Å². The first-order chi connectivity index (χ1) is 17.3. The Kier molecular flexibility index (Phi) is 7.21. The molecule has 0 radical (unpaired) electrons. The number of rotatable bonds is 8. The van der Waals surface area contributed by atoms with Crippen molar-refractivity contribution in [2.45, 2.75) is 42.1 Å². The molecule has 196 valence electrons. The Morgan fingerprint density at radius 1 is 1.19 bits per heavy atom. The monoisotopic (exact) mass is 567 g/mol. The van der Waals surface area contributed by atoms with Crippen molar-refractivity contribution in [1.29, 1.82) is 0 Å². The molecule has 0 bridgehead atoms. The number of amides is 3. The molecule has 1 unspecified atom stereocenters. The van der Waals surface area contributed by atoms with Gasteiger partial charge in [0.1, 0.15) is 23.5 Å². The van der Waals surface area contributed by atoms with Crippen LogP contribution in [0.2, 0.25) is 0 Å². The lowest BCUT2D eigenvalue weighted by Crippen LogP contribution is -2.71. The largest absolute Gasteiger partial charge is 0.480 e. The van der Waals surface area contributed by atoms with Gasteiger partial charge in [-0.05, 0) is 31.5 Å². The Hall–Kier alpha value is -3.20. The summed E-state index contributed by atoms with van der Waals surface area (Å²) in [5.74, 6) is -3.73.